The first kappa shape index (κ1) is 22.5. The van der Waals surface area contributed by atoms with E-state index in [-0.39, 0.29) is 0 Å². The Morgan fingerprint density at radius 2 is 1.06 bits per heavy atom. The van der Waals surface area contributed by atoms with Crippen LogP contribution in [0.2, 0.25) is 0 Å². The molecule has 2 aromatic rings. The Labute approximate surface area is 190 Å². The third kappa shape index (κ3) is 6.17. The maximum absolute atomic E-state index is 12.8. The van der Waals surface area contributed by atoms with E-state index in [9.17, 15) is 9.59 Å². The molecule has 0 saturated carbocycles. The van der Waals surface area contributed by atoms with Gasteiger partial charge in [-0.1, -0.05) is 24.3 Å². The molecule has 0 radical (unpaired) electrons. The molecule has 6 heteroatoms. The summed E-state index contributed by atoms with van der Waals surface area (Å²) in [7, 11) is 0. The molecular formula is C26H32N2O4. The Hall–Kier alpha value is -2.70. The number of carbonyl (C=O) groups excluding carboxylic acids is 2. The molecule has 170 valence electrons. The molecule has 2 fully saturated rings. The highest BCUT2D eigenvalue weighted by molar-refractivity contribution is 6.49. The van der Waals surface area contributed by atoms with Crippen LogP contribution in [0.25, 0.3) is 0 Å². The lowest BCUT2D eigenvalue weighted by atomic mass is 10.0. The largest absolute Gasteiger partial charge is 0.492 e. The fourth-order valence-electron chi connectivity index (χ4n) is 4.31. The van der Waals surface area contributed by atoms with Gasteiger partial charge in [-0.05, 0) is 76.1 Å². The number of hydrogen-bond donors (Lipinski definition) is 0. The summed E-state index contributed by atoms with van der Waals surface area (Å²) in [5, 5.41) is 0. The van der Waals surface area contributed by atoms with Gasteiger partial charge >= 0.3 is 0 Å². The molecule has 0 aliphatic carbocycles. The average Bonchev–Trinajstić information content (AvgIpc) is 3.53. The van der Waals surface area contributed by atoms with Crippen molar-refractivity contribution in [1.29, 1.82) is 0 Å². The van der Waals surface area contributed by atoms with Crippen LogP contribution in [0.3, 0.4) is 0 Å². The van der Waals surface area contributed by atoms with Crippen LogP contribution in [0.4, 0.5) is 0 Å². The normalized spacial score (nSPS) is 16.9. The Balaban J connectivity index is 1.31. The van der Waals surface area contributed by atoms with Crippen molar-refractivity contribution >= 4 is 11.6 Å². The minimum absolute atomic E-state index is 0.342. The van der Waals surface area contributed by atoms with Crippen LogP contribution in [-0.2, 0) is 0 Å². The lowest BCUT2D eigenvalue weighted by Crippen LogP contribution is -2.25. The molecule has 0 atom stereocenters. The van der Waals surface area contributed by atoms with Crippen molar-refractivity contribution < 1.29 is 19.1 Å². The zero-order valence-corrected chi connectivity index (χ0v) is 18.6. The van der Waals surface area contributed by atoms with Gasteiger partial charge in [0.25, 0.3) is 0 Å². The first-order chi connectivity index (χ1) is 15.7. The van der Waals surface area contributed by atoms with Crippen molar-refractivity contribution in [1.82, 2.24) is 9.80 Å². The summed E-state index contributed by atoms with van der Waals surface area (Å²) >= 11 is 0. The number of Topliss-reactive ketones (excluding diaryl/α,β-unsaturated/α-hetero) is 2. The van der Waals surface area contributed by atoms with Gasteiger partial charge < -0.3 is 9.47 Å². The van der Waals surface area contributed by atoms with Gasteiger partial charge in [-0.15, -0.1) is 0 Å². The van der Waals surface area contributed by atoms with Gasteiger partial charge in [0.1, 0.15) is 24.7 Å². The molecule has 6 nitrogen and oxygen atoms in total. The number of benzene rings is 2. The van der Waals surface area contributed by atoms with Crippen LogP contribution in [0.1, 0.15) is 46.4 Å². The van der Waals surface area contributed by atoms with Crippen molar-refractivity contribution in [2.75, 3.05) is 52.5 Å². The van der Waals surface area contributed by atoms with Crippen LogP contribution in [0.5, 0.6) is 11.5 Å². The minimum atomic E-state index is -0.538. The van der Waals surface area contributed by atoms with Crippen molar-refractivity contribution in [3.8, 4) is 11.5 Å². The van der Waals surface area contributed by atoms with Gasteiger partial charge in [-0.25, -0.2) is 0 Å². The Bertz CT molecular complexity index is 842. The zero-order chi connectivity index (χ0) is 22.2. The van der Waals surface area contributed by atoms with E-state index in [4.69, 9.17) is 9.47 Å². The second-order valence-electron chi connectivity index (χ2n) is 8.51. The van der Waals surface area contributed by atoms with Crippen molar-refractivity contribution in [2.45, 2.75) is 25.7 Å². The lowest BCUT2D eigenvalue weighted by molar-refractivity contribution is 0.0816. The smallest absolute Gasteiger partial charge is 0.233 e. The van der Waals surface area contributed by atoms with E-state index in [1.54, 1.807) is 36.4 Å². The maximum atomic E-state index is 12.8. The summed E-state index contributed by atoms with van der Waals surface area (Å²) in [6.45, 7) is 7.39. The minimum Gasteiger partial charge on any atom is -0.492 e. The van der Waals surface area contributed by atoms with Crippen LogP contribution in [0.15, 0.2) is 48.5 Å². The summed E-state index contributed by atoms with van der Waals surface area (Å²) in [6, 6.07) is 13.8. The quantitative estimate of drug-likeness (QED) is 0.395. The summed E-state index contributed by atoms with van der Waals surface area (Å²) < 4.78 is 11.6. The average molecular weight is 437 g/mol. The molecule has 4 rings (SSSR count). The van der Waals surface area contributed by atoms with Gasteiger partial charge in [-0.3, -0.25) is 19.4 Å². The molecular weight excluding hydrogens is 404 g/mol. The molecule has 0 spiro atoms. The summed E-state index contributed by atoms with van der Waals surface area (Å²) in [5.74, 6) is 0.150. The van der Waals surface area contributed by atoms with Gasteiger partial charge in [-0.2, -0.15) is 0 Å². The number of nitrogens with zero attached hydrogens (tertiary/aromatic N) is 2. The monoisotopic (exact) mass is 436 g/mol. The highest BCUT2D eigenvalue weighted by Gasteiger charge is 2.20. The van der Waals surface area contributed by atoms with E-state index in [2.05, 4.69) is 9.80 Å². The number of ketones is 2. The zero-order valence-electron chi connectivity index (χ0n) is 18.6. The summed E-state index contributed by atoms with van der Waals surface area (Å²) in [6.07, 6.45) is 4.99. The predicted octanol–water partition coefficient (Wildman–Crippen LogP) is 3.70. The van der Waals surface area contributed by atoms with Gasteiger partial charge in [0.15, 0.2) is 0 Å². The van der Waals surface area contributed by atoms with E-state index < -0.39 is 11.6 Å². The summed E-state index contributed by atoms with van der Waals surface area (Å²) in [4.78, 5) is 30.4. The highest BCUT2D eigenvalue weighted by Crippen LogP contribution is 2.19. The third-order valence-corrected chi connectivity index (χ3v) is 6.15. The molecule has 2 saturated heterocycles. The molecule has 0 bridgehead atoms. The Morgan fingerprint density at radius 3 is 1.47 bits per heavy atom. The highest BCUT2D eigenvalue weighted by atomic mass is 16.5. The standard InChI is InChI=1S/C26H32N2O4/c29-25(21-7-5-9-23(19-21)31-17-15-27-11-1-2-12-27)26(30)22-8-6-10-24(20-22)32-18-16-28-13-3-4-14-28/h5-10,19-20H,1-4,11-18H2. The molecule has 2 aromatic carbocycles. The second-order valence-corrected chi connectivity index (χ2v) is 8.51. The number of hydrogen-bond acceptors (Lipinski definition) is 6. The fraction of sp³-hybridized carbons (Fsp3) is 0.462. The molecule has 0 amide bonds. The molecule has 2 aliphatic rings. The van der Waals surface area contributed by atoms with Crippen molar-refractivity contribution in [2.24, 2.45) is 0 Å². The van der Waals surface area contributed by atoms with Gasteiger partial charge in [0.2, 0.25) is 11.6 Å². The van der Waals surface area contributed by atoms with E-state index in [1.807, 2.05) is 12.1 Å². The number of rotatable bonds is 11. The number of likely N-dealkylation sites (tertiary alicyclic amines) is 2. The summed E-state index contributed by atoms with van der Waals surface area (Å²) in [5.41, 5.74) is 0.683. The first-order valence-electron chi connectivity index (χ1n) is 11.7. The van der Waals surface area contributed by atoms with E-state index in [0.717, 1.165) is 39.3 Å². The molecule has 2 heterocycles. The fourth-order valence-corrected chi connectivity index (χ4v) is 4.31. The van der Waals surface area contributed by atoms with Crippen LogP contribution < -0.4 is 9.47 Å². The van der Waals surface area contributed by atoms with Crippen LogP contribution in [0, 0.1) is 0 Å². The van der Waals surface area contributed by atoms with Crippen molar-refractivity contribution in [3.05, 3.63) is 59.7 Å². The van der Waals surface area contributed by atoms with E-state index in [1.165, 1.54) is 25.7 Å². The van der Waals surface area contributed by atoms with Crippen LogP contribution >= 0.6 is 0 Å². The van der Waals surface area contributed by atoms with Crippen LogP contribution in [-0.4, -0.2) is 73.8 Å². The SMILES string of the molecule is O=C(C(=O)c1cccc(OCCN2CCCC2)c1)c1cccc(OCCN2CCCC2)c1. The third-order valence-electron chi connectivity index (χ3n) is 6.15. The van der Waals surface area contributed by atoms with Crippen molar-refractivity contribution in [3.63, 3.8) is 0 Å². The number of ether oxygens (including phenoxy) is 2. The lowest BCUT2D eigenvalue weighted by Gasteiger charge is -2.15. The topological polar surface area (TPSA) is 59.1 Å². The molecule has 0 aromatic heterocycles. The molecule has 32 heavy (non-hydrogen) atoms. The van der Waals surface area contributed by atoms with Gasteiger partial charge in [0.05, 0.1) is 0 Å². The molecule has 2 aliphatic heterocycles. The Kier molecular flexibility index (Phi) is 7.91. The van der Waals surface area contributed by atoms with Gasteiger partial charge in [0, 0.05) is 24.2 Å². The maximum Gasteiger partial charge on any atom is 0.233 e. The van der Waals surface area contributed by atoms with E-state index >= 15 is 0 Å². The number of carbonyl (C=O) groups is 2. The second kappa shape index (κ2) is 11.2. The molecule has 0 N–H and O–H groups in total. The molecule has 0 unspecified atom stereocenters. The predicted molar refractivity (Wildman–Crippen MR) is 124 cm³/mol. The van der Waals surface area contributed by atoms with E-state index in [0.29, 0.717) is 35.8 Å². The first-order valence-corrected chi connectivity index (χ1v) is 11.7. The Morgan fingerprint density at radius 1 is 0.656 bits per heavy atom.